The van der Waals surface area contributed by atoms with Gasteiger partial charge in [-0.25, -0.2) is 0 Å². The summed E-state index contributed by atoms with van der Waals surface area (Å²) in [5, 5.41) is 22.8. The number of nitriles is 2. The summed E-state index contributed by atoms with van der Waals surface area (Å²) in [6, 6.07) is 26.5. The molecule has 0 saturated heterocycles. The molecule has 6 heteroatoms. The normalized spacial score (nSPS) is 11.0. The van der Waals surface area contributed by atoms with Gasteiger partial charge < -0.3 is 14.6 Å². The van der Waals surface area contributed by atoms with E-state index in [2.05, 4.69) is 11.4 Å². The van der Waals surface area contributed by atoms with Gasteiger partial charge in [-0.2, -0.15) is 10.5 Å². The van der Waals surface area contributed by atoms with Crippen LogP contribution in [-0.4, -0.2) is 17.1 Å². The van der Waals surface area contributed by atoms with Gasteiger partial charge in [-0.3, -0.25) is 4.79 Å². The summed E-state index contributed by atoms with van der Waals surface area (Å²) in [5.41, 5.74) is 3.79. The molecule has 6 nitrogen and oxygen atoms in total. The van der Waals surface area contributed by atoms with E-state index in [1.807, 2.05) is 66.2 Å². The Labute approximate surface area is 197 Å². The summed E-state index contributed by atoms with van der Waals surface area (Å²) in [7, 11) is 0. The molecule has 0 spiro atoms. The van der Waals surface area contributed by atoms with Gasteiger partial charge in [0.15, 0.2) is 0 Å². The molecule has 4 aromatic rings. The molecule has 3 aromatic carbocycles. The average molecular weight is 447 g/mol. The topological polar surface area (TPSA) is 90.8 Å². The fourth-order valence-corrected chi connectivity index (χ4v) is 3.78. The maximum absolute atomic E-state index is 12.8. The Morgan fingerprint density at radius 1 is 1.03 bits per heavy atom. The number of nitrogens with one attached hydrogen (secondary N) is 1. The fourth-order valence-electron chi connectivity index (χ4n) is 3.78. The smallest absolute Gasteiger partial charge is 0.266 e. The van der Waals surface area contributed by atoms with E-state index in [0.717, 1.165) is 22.0 Å². The Balaban J connectivity index is 1.64. The Morgan fingerprint density at radius 2 is 1.76 bits per heavy atom. The number of benzene rings is 3. The zero-order chi connectivity index (χ0) is 23.9. The number of carbonyl (C=O) groups excluding carboxylic acids is 1. The van der Waals surface area contributed by atoms with Gasteiger partial charge in [0.25, 0.3) is 5.91 Å². The van der Waals surface area contributed by atoms with Crippen molar-refractivity contribution in [3.8, 4) is 17.9 Å². The quantitative estimate of drug-likeness (QED) is 0.299. The standard InChI is InChI=1S/C28H22N4O2/c1-2-34-25-13-11-24(12-14-25)31-28(33)22(17-30)15-23-19-32(27-10-6-5-9-26(23)27)18-21-8-4-3-7-20(21)16-29/h3-15,19H,2,18H2,1H3,(H,31,33). The molecular formula is C28H22N4O2. The van der Waals surface area contributed by atoms with Gasteiger partial charge in [0.2, 0.25) is 0 Å². The number of amides is 1. The Hall–Kier alpha value is -4.81. The molecule has 1 aromatic heterocycles. The van der Waals surface area contributed by atoms with Crippen molar-refractivity contribution < 1.29 is 9.53 Å². The predicted octanol–water partition coefficient (Wildman–Crippen LogP) is 5.51. The number of rotatable bonds is 7. The highest BCUT2D eigenvalue weighted by Gasteiger charge is 2.14. The summed E-state index contributed by atoms with van der Waals surface area (Å²) >= 11 is 0. The van der Waals surface area contributed by atoms with Gasteiger partial charge >= 0.3 is 0 Å². The van der Waals surface area contributed by atoms with Crippen LogP contribution in [-0.2, 0) is 11.3 Å². The first kappa shape index (κ1) is 22.4. The van der Waals surface area contributed by atoms with E-state index in [0.29, 0.717) is 30.2 Å². The molecule has 1 N–H and O–H groups in total. The monoisotopic (exact) mass is 446 g/mol. The molecule has 0 unspecified atom stereocenters. The SMILES string of the molecule is CCOc1ccc(NC(=O)C(C#N)=Cc2cn(Cc3ccccc3C#N)c3ccccc23)cc1. The second-order valence-corrected chi connectivity index (χ2v) is 7.58. The number of carbonyl (C=O) groups is 1. The third kappa shape index (κ3) is 4.82. The highest BCUT2D eigenvalue weighted by Crippen LogP contribution is 2.25. The molecular weight excluding hydrogens is 424 g/mol. The van der Waals surface area contributed by atoms with Crippen LogP contribution in [0.5, 0.6) is 5.75 Å². The number of para-hydroxylation sites is 1. The number of nitrogens with zero attached hydrogens (tertiary/aromatic N) is 3. The van der Waals surface area contributed by atoms with Crippen LogP contribution in [0.15, 0.2) is 84.6 Å². The van der Waals surface area contributed by atoms with E-state index in [1.54, 1.807) is 36.4 Å². The minimum atomic E-state index is -0.488. The second-order valence-electron chi connectivity index (χ2n) is 7.58. The van der Waals surface area contributed by atoms with Crippen LogP contribution < -0.4 is 10.1 Å². The number of hydrogen-bond acceptors (Lipinski definition) is 4. The number of fused-ring (bicyclic) bond motifs is 1. The summed E-state index contributed by atoms with van der Waals surface area (Å²) in [4.78, 5) is 12.8. The molecule has 0 aliphatic heterocycles. The number of aromatic nitrogens is 1. The maximum Gasteiger partial charge on any atom is 0.266 e. The van der Waals surface area contributed by atoms with Gasteiger partial charge in [-0.05, 0) is 55.0 Å². The number of hydrogen-bond donors (Lipinski definition) is 1. The van der Waals surface area contributed by atoms with Crippen molar-refractivity contribution in [2.24, 2.45) is 0 Å². The zero-order valence-electron chi connectivity index (χ0n) is 18.7. The van der Waals surface area contributed by atoms with Crippen molar-refractivity contribution in [3.05, 3.63) is 101 Å². The Kier molecular flexibility index (Phi) is 6.72. The average Bonchev–Trinajstić information content (AvgIpc) is 3.21. The molecule has 0 bridgehead atoms. The van der Waals surface area contributed by atoms with Gasteiger partial charge in [-0.1, -0.05) is 36.4 Å². The van der Waals surface area contributed by atoms with E-state index in [9.17, 15) is 15.3 Å². The fraction of sp³-hybridized carbons (Fsp3) is 0.107. The summed E-state index contributed by atoms with van der Waals surface area (Å²) in [6.45, 7) is 2.96. The third-order valence-corrected chi connectivity index (χ3v) is 5.39. The minimum Gasteiger partial charge on any atom is -0.494 e. The van der Waals surface area contributed by atoms with Crippen molar-refractivity contribution in [2.45, 2.75) is 13.5 Å². The Morgan fingerprint density at radius 3 is 2.50 bits per heavy atom. The molecule has 0 aliphatic rings. The molecule has 1 heterocycles. The number of ether oxygens (including phenoxy) is 1. The third-order valence-electron chi connectivity index (χ3n) is 5.39. The van der Waals surface area contributed by atoms with E-state index in [-0.39, 0.29) is 5.57 Å². The van der Waals surface area contributed by atoms with Crippen LogP contribution in [0.4, 0.5) is 5.69 Å². The van der Waals surface area contributed by atoms with E-state index < -0.39 is 5.91 Å². The highest BCUT2D eigenvalue weighted by atomic mass is 16.5. The summed E-state index contributed by atoms with van der Waals surface area (Å²) in [6.07, 6.45) is 3.50. The van der Waals surface area contributed by atoms with Gasteiger partial charge in [0.1, 0.15) is 17.4 Å². The van der Waals surface area contributed by atoms with Crippen molar-refractivity contribution in [1.82, 2.24) is 4.57 Å². The summed E-state index contributed by atoms with van der Waals surface area (Å²) < 4.78 is 7.44. The molecule has 1 amide bonds. The van der Waals surface area contributed by atoms with Crippen molar-refractivity contribution >= 4 is 28.6 Å². The van der Waals surface area contributed by atoms with E-state index in [1.165, 1.54) is 0 Å². The van der Waals surface area contributed by atoms with Crippen molar-refractivity contribution in [1.29, 1.82) is 10.5 Å². The molecule has 166 valence electrons. The van der Waals surface area contributed by atoms with E-state index in [4.69, 9.17) is 4.74 Å². The van der Waals surface area contributed by atoms with Crippen LogP contribution in [0.1, 0.15) is 23.6 Å². The van der Waals surface area contributed by atoms with Gasteiger partial charge in [-0.15, -0.1) is 0 Å². The van der Waals surface area contributed by atoms with Crippen LogP contribution in [0.3, 0.4) is 0 Å². The van der Waals surface area contributed by atoms with Crippen molar-refractivity contribution in [3.63, 3.8) is 0 Å². The van der Waals surface area contributed by atoms with Crippen LogP contribution in [0.25, 0.3) is 17.0 Å². The lowest BCUT2D eigenvalue weighted by atomic mass is 10.1. The number of anilines is 1. The predicted molar refractivity (Wildman–Crippen MR) is 132 cm³/mol. The molecule has 34 heavy (non-hydrogen) atoms. The molecule has 4 rings (SSSR count). The molecule has 0 radical (unpaired) electrons. The molecule has 0 saturated carbocycles. The summed E-state index contributed by atoms with van der Waals surface area (Å²) in [5.74, 6) is 0.223. The lowest BCUT2D eigenvalue weighted by Crippen LogP contribution is -2.13. The molecule has 0 atom stereocenters. The Bertz CT molecular complexity index is 1450. The molecule has 0 fully saturated rings. The minimum absolute atomic E-state index is 0.00536. The lowest BCUT2D eigenvalue weighted by molar-refractivity contribution is -0.112. The first-order chi connectivity index (χ1) is 16.6. The van der Waals surface area contributed by atoms with Crippen LogP contribution >= 0.6 is 0 Å². The zero-order valence-corrected chi connectivity index (χ0v) is 18.7. The van der Waals surface area contributed by atoms with Gasteiger partial charge in [0, 0.05) is 34.9 Å². The van der Waals surface area contributed by atoms with Crippen LogP contribution in [0, 0.1) is 22.7 Å². The van der Waals surface area contributed by atoms with Crippen LogP contribution in [0.2, 0.25) is 0 Å². The van der Waals surface area contributed by atoms with Gasteiger partial charge in [0.05, 0.1) is 18.2 Å². The first-order valence-electron chi connectivity index (χ1n) is 10.8. The lowest BCUT2D eigenvalue weighted by Gasteiger charge is -2.07. The van der Waals surface area contributed by atoms with E-state index >= 15 is 0 Å². The highest BCUT2D eigenvalue weighted by molar-refractivity contribution is 6.10. The second kappa shape index (κ2) is 10.2. The first-order valence-corrected chi connectivity index (χ1v) is 10.8. The molecule has 0 aliphatic carbocycles. The van der Waals surface area contributed by atoms with Crippen molar-refractivity contribution in [2.75, 3.05) is 11.9 Å². The largest absolute Gasteiger partial charge is 0.494 e. The maximum atomic E-state index is 12.8.